The second-order valence-corrected chi connectivity index (χ2v) is 2.67. The molecule has 7 nitrogen and oxygen atoms in total. The van der Waals surface area contributed by atoms with Gasteiger partial charge in [-0.1, -0.05) is 6.92 Å². The lowest BCUT2D eigenvalue weighted by atomic mass is 10.4. The van der Waals surface area contributed by atoms with Gasteiger partial charge < -0.3 is 0 Å². The van der Waals surface area contributed by atoms with E-state index >= 15 is 0 Å². The highest BCUT2D eigenvalue weighted by Gasteiger charge is 2.16. The molecule has 0 radical (unpaired) electrons. The predicted octanol–water partition coefficient (Wildman–Crippen LogP) is 0.580. The molecule has 0 saturated heterocycles. The Morgan fingerprint density at radius 3 is 2.86 bits per heavy atom. The van der Waals surface area contributed by atoms with Crippen molar-refractivity contribution < 1.29 is 9.72 Å². The summed E-state index contributed by atoms with van der Waals surface area (Å²) in [7, 11) is 0. The molecular weight excluding hydrogens is 188 g/mol. The van der Waals surface area contributed by atoms with Gasteiger partial charge in [-0.3, -0.25) is 14.9 Å². The standard InChI is InChI=1S/C7H10N4O3/c1-3-7(12)9-10-5(2)6(4-8-10)11(13)14/h4H,3H2,1-2H3,(H,9,12). The van der Waals surface area contributed by atoms with Crippen molar-refractivity contribution in [3.05, 3.63) is 22.0 Å². The van der Waals surface area contributed by atoms with Gasteiger partial charge in [-0.15, -0.1) is 0 Å². The van der Waals surface area contributed by atoms with E-state index in [0.29, 0.717) is 12.1 Å². The third-order valence-electron chi connectivity index (χ3n) is 1.73. The van der Waals surface area contributed by atoms with E-state index in [1.807, 2.05) is 0 Å². The van der Waals surface area contributed by atoms with Crippen LogP contribution < -0.4 is 5.43 Å². The van der Waals surface area contributed by atoms with Crippen molar-refractivity contribution >= 4 is 11.6 Å². The first kappa shape index (κ1) is 10.2. The van der Waals surface area contributed by atoms with Crippen molar-refractivity contribution in [1.29, 1.82) is 0 Å². The highest BCUT2D eigenvalue weighted by Crippen LogP contribution is 2.14. The maximum Gasteiger partial charge on any atom is 0.312 e. The van der Waals surface area contributed by atoms with E-state index in [1.165, 1.54) is 6.92 Å². The van der Waals surface area contributed by atoms with E-state index in [-0.39, 0.29) is 11.6 Å². The fourth-order valence-corrected chi connectivity index (χ4v) is 0.890. The summed E-state index contributed by atoms with van der Waals surface area (Å²) >= 11 is 0. The quantitative estimate of drug-likeness (QED) is 0.568. The molecule has 0 aliphatic heterocycles. The fraction of sp³-hybridized carbons (Fsp3) is 0.429. The molecule has 76 valence electrons. The molecule has 0 spiro atoms. The number of carbonyl (C=O) groups is 1. The van der Waals surface area contributed by atoms with Crippen molar-refractivity contribution in [1.82, 2.24) is 9.89 Å². The Hall–Kier alpha value is -1.92. The highest BCUT2D eigenvalue weighted by molar-refractivity contribution is 5.83. The Balaban J connectivity index is 2.90. The van der Waals surface area contributed by atoms with Crippen LogP contribution in [-0.4, -0.2) is 20.7 Å². The molecule has 0 fully saturated rings. The van der Waals surface area contributed by atoms with Crippen LogP contribution in [0.25, 0.3) is 0 Å². The minimum atomic E-state index is -0.545. The second kappa shape index (κ2) is 3.86. The molecule has 1 rings (SSSR count). The van der Waals surface area contributed by atoms with Crippen LogP contribution in [0.5, 0.6) is 0 Å². The molecule has 0 aromatic carbocycles. The molecule has 0 aliphatic rings. The summed E-state index contributed by atoms with van der Waals surface area (Å²) in [5.41, 5.74) is 2.59. The van der Waals surface area contributed by atoms with Crippen LogP contribution in [0.2, 0.25) is 0 Å². The Labute approximate surface area is 79.8 Å². The van der Waals surface area contributed by atoms with Gasteiger partial charge in [0.2, 0.25) is 5.91 Å². The van der Waals surface area contributed by atoms with Gasteiger partial charge in [0.15, 0.2) is 0 Å². The zero-order valence-corrected chi connectivity index (χ0v) is 7.85. The van der Waals surface area contributed by atoms with Crippen LogP contribution in [0.3, 0.4) is 0 Å². The van der Waals surface area contributed by atoms with Gasteiger partial charge in [-0.25, -0.2) is 5.43 Å². The summed E-state index contributed by atoms with van der Waals surface area (Å²) in [5, 5.41) is 14.1. The first-order valence-electron chi connectivity index (χ1n) is 4.05. The third-order valence-corrected chi connectivity index (χ3v) is 1.73. The number of nitrogens with zero attached hydrogens (tertiary/aromatic N) is 3. The van der Waals surface area contributed by atoms with Gasteiger partial charge in [-0.2, -0.15) is 9.89 Å². The molecule has 0 bridgehead atoms. The third kappa shape index (κ3) is 1.87. The first-order valence-corrected chi connectivity index (χ1v) is 4.05. The number of aromatic nitrogens is 2. The number of nitrogens with one attached hydrogen (secondary N) is 1. The zero-order valence-electron chi connectivity index (χ0n) is 7.85. The average Bonchev–Trinajstić information content (AvgIpc) is 2.48. The Kier molecular flexibility index (Phi) is 2.80. The highest BCUT2D eigenvalue weighted by atomic mass is 16.6. The normalized spacial score (nSPS) is 9.86. The van der Waals surface area contributed by atoms with E-state index in [4.69, 9.17) is 0 Å². The second-order valence-electron chi connectivity index (χ2n) is 2.67. The number of nitro groups is 1. The SMILES string of the molecule is CCC(=O)Nn1ncc([N+](=O)[O-])c1C. The molecule has 1 amide bonds. The van der Waals surface area contributed by atoms with Crippen molar-refractivity contribution in [2.24, 2.45) is 0 Å². The van der Waals surface area contributed by atoms with Crippen molar-refractivity contribution in [3.63, 3.8) is 0 Å². The van der Waals surface area contributed by atoms with Crippen LogP contribution in [0, 0.1) is 17.0 Å². The predicted molar refractivity (Wildman–Crippen MR) is 48.3 cm³/mol. The summed E-state index contributed by atoms with van der Waals surface area (Å²) in [5.74, 6) is -0.244. The first-order chi connectivity index (χ1) is 6.56. The zero-order chi connectivity index (χ0) is 10.7. The van der Waals surface area contributed by atoms with Crippen molar-refractivity contribution in [3.8, 4) is 0 Å². The maximum absolute atomic E-state index is 11.0. The molecule has 0 aliphatic carbocycles. The van der Waals surface area contributed by atoms with Crippen LogP contribution in [-0.2, 0) is 4.79 Å². The van der Waals surface area contributed by atoms with E-state index < -0.39 is 4.92 Å². The molecule has 0 unspecified atom stereocenters. The Morgan fingerprint density at radius 1 is 1.79 bits per heavy atom. The van der Waals surface area contributed by atoms with Crippen LogP contribution >= 0.6 is 0 Å². The minimum absolute atomic E-state index is 0.110. The summed E-state index contributed by atoms with van der Waals surface area (Å²) in [6.07, 6.45) is 1.40. The lowest BCUT2D eigenvalue weighted by Gasteiger charge is -2.03. The fourth-order valence-electron chi connectivity index (χ4n) is 0.890. The van der Waals surface area contributed by atoms with Gasteiger partial charge in [0.25, 0.3) is 0 Å². The maximum atomic E-state index is 11.0. The Bertz CT molecular complexity index is 371. The van der Waals surface area contributed by atoms with Crippen molar-refractivity contribution in [2.75, 3.05) is 5.43 Å². The average molecular weight is 198 g/mol. The number of rotatable bonds is 3. The van der Waals surface area contributed by atoms with Gasteiger partial charge in [0, 0.05) is 6.42 Å². The number of carbonyl (C=O) groups excluding carboxylic acids is 1. The number of hydrogen-bond acceptors (Lipinski definition) is 4. The molecule has 1 aromatic heterocycles. The summed E-state index contributed by atoms with van der Waals surface area (Å²) in [4.78, 5) is 22.0. The van der Waals surface area contributed by atoms with Gasteiger partial charge in [0.05, 0.1) is 4.92 Å². The number of amides is 1. The lowest BCUT2D eigenvalue weighted by Crippen LogP contribution is -2.23. The van der Waals surface area contributed by atoms with Crippen LogP contribution in [0.1, 0.15) is 19.0 Å². The molecular formula is C7H10N4O3. The molecule has 1 aromatic rings. The van der Waals surface area contributed by atoms with E-state index in [1.54, 1.807) is 6.92 Å². The Morgan fingerprint density at radius 2 is 2.43 bits per heavy atom. The molecule has 1 heterocycles. The summed E-state index contributed by atoms with van der Waals surface area (Å²) in [6.45, 7) is 3.20. The molecule has 0 atom stereocenters. The van der Waals surface area contributed by atoms with E-state index in [9.17, 15) is 14.9 Å². The van der Waals surface area contributed by atoms with Gasteiger partial charge >= 0.3 is 5.69 Å². The van der Waals surface area contributed by atoms with E-state index in [0.717, 1.165) is 11.0 Å². The molecule has 7 heteroatoms. The van der Waals surface area contributed by atoms with Crippen molar-refractivity contribution in [2.45, 2.75) is 20.3 Å². The van der Waals surface area contributed by atoms with Crippen LogP contribution in [0.4, 0.5) is 5.69 Å². The molecule has 0 saturated carbocycles. The van der Waals surface area contributed by atoms with Gasteiger partial charge in [-0.05, 0) is 6.92 Å². The lowest BCUT2D eigenvalue weighted by molar-refractivity contribution is -0.385. The van der Waals surface area contributed by atoms with E-state index in [2.05, 4.69) is 10.5 Å². The molecule has 14 heavy (non-hydrogen) atoms. The van der Waals surface area contributed by atoms with Gasteiger partial charge in [0.1, 0.15) is 11.9 Å². The summed E-state index contributed by atoms with van der Waals surface area (Å²) in [6, 6.07) is 0. The van der Waals surface area contributed by atoms with Crippen LogP contribution in [0.15, 0.2) is 6.20 Å². The minimum Gasteiger partial charge on any atom is -0.273 e. The number of hydrogen-bond donors (Lipinski definition) is 1. The smallest absolute Gasteiger partial charge is 0.273 e. The largest absolute Gasteiger partial charge is 0.312 e. The topological polar surface area (TPSA) is 90.1 Å². The summed E-state index contributed by atoms with van der Waals surface area (Å²) < 4.78 is 0. The monoisotopic (exact) mass is 198 g/mol. The molecule has 1 N–H and O–H groups in total.